The van der Waals surface area contributed by atoms with Crippen molar-refractivity contribution in [2.75, 3.05) is 36.9 Å². The molecular formula is C22H26N4O5. The van der Waals surface area contributed by atoms with E-state index in [-0.39, 0.29) is 31.4 Å². The van der Waals surface area contributed by atoms with Gasteiger partial charge in [0, 0.05) is 19.3 Å². The van der Waals surface area contributed by atoms with E-state index < -0.39 is 0 Å². The number of pyridine rings is 1. The molecule has 2 aromatic rings. The fourth-order valence-corrected chi connectivity index (χ4v) is 3.84. The molecule has 1 aromatic heterocycles. The molecule has 0 radical (unpaired) electrons. The Morgan fingerprint density at radius 2 is 2.13 bits per heavy atom. The van der Waals surface area contributed by atoms with E-state index >= 15 is 0 Å². The summed E-state index contributed by atoms with van der Waals surface area (Å²) in [7, 11) is 0. The molecule has 9 nitrogen and oxygen atoms in total. The van der Waals surface area contributed by atoms with Crippen LogP contribution < -0.4 is 15.4 Å². The minimum absolute atomic E-state index is 0.0272. The van der Waals surface area contributed by atoms with Crippen LogP contribution in [0.3, 0.4) is 0 Å². The lowest BCUT2D eigenvalue weighted by atomic mass is 10.00. The van der Waals surface area contributed by atoms with Crippen LogP contribution in [0.25, 0.3) is 0 Å². The number of hydrogen-bond acceptors (Lipinski definition) is 6. The first-order valence-electron chi connectivity index (χ1n) is 10.0. The first-order chi connectivity index (χ1) is 14.9. The van der Waals surface area contributed by atoms with Gasteiger partial charge in [0.2, 0.25) is 5.91 Å². The summed E-state index contributed by atoms with van der Waals surface area (Å²) in [5, 5.41) is 6.89. The molecule has 31 heavy (non-hydrogen) atoms. The summed E-state index contributed by atoms with van der Waals surface area (Å²) < 4.78 is 5.49. The Balaban J connectivity index is 0.000000858. The molecule has 0 bridgehead atoms. The number of nitrogen functional groups attached to an aromatic ring is 1. The molecule has 0 aliphatic carbocycles. The van der Waals surface area contributed by atoms with Crippen molar-refractivity contribution in [2.45, 2.75) is 19.8 Å². The Bertz CT molecular complexity index is 947. The summed E-state index contributed by atoms with van der Waals surface area (Å²) in [4.78, 5) is 41.1. The number of ether oxygens (including phenoxy) is 1. The molecule has 3 heterocycles. The van der Waals surface area contributed by atoms with Crippen molar-refractivity contribution in [3.63, 3.8) is 0 Å². The molecule has 1 saturated heterocycles. The molecule has 1 fully saturated rings. The summed E-state index contributed by atoms with van der Waals surface area (Å²) in [6.45, 7) is 3.13. The summed E-state index contributed by atoms with van der Waals surface area (Å²) >= 11 is 0. The Morgan fingerprint density at radius 3 is 2.84 bits per heavy atom. The van der Waals surface area contributed by atoms with Crippen molar-refractivity contribution in [1.29, 1.82) is 0 Å². The molecule has 1 atom stereocenters. The number of carbonyl (C=O) groups is 3. The second kappa shape index (κ2) is 9.92. The lowest BCUT2D eigenvalue weighted by molar-refractivity contribution is -0.131. The lowest BCUT2D eigenvalue weighted by Crippen LogP contribution is -2.46. The maximum Gasteiger partial charge on any atom is 0.290 e. The zero-order chi connectivity index (χ0) is 22.4. The van der Waals surface area contributed by atoms with Gasteiger partial charge in [0.15, 0.2) is 6.61 Å². The molecule has 1 aromatic carbocycles. The maximum atomic E-state index is 12.9. The van der Waals surface area contributed by atoms with E-state index in [0.29, 0.717) is 36.3 Å². The monoisotopic (exact) mass is 426 g/mol. The Morgan fingerprint density at radius 1 is 1.35 bits per heavy atom. The van der Waals surface area contributed by atoms with E-state index in [4.69, 9.17) is 20.4 Å². The fraction of sp³-hybridized carbons (Fsp3) is 0.364. The molecule has 0 saturated carbocycles. The highest BCUT2D eigenvalue weighted by molar-refractivity contribution is 6.02. The van der Waals surface area contributed by atoms with Crippen LogP contribution >= 0.6 is 0 Å². The molecule has 164 valence electrons. The second-order valence-corrected chi connectivity index (χ2v) is 7.64. The number of nitrogens with two attached hydrogens (primary N) is 1. The normalized spacial score (nSPS) is 17.3. The van der Waals surface area contributed by atoms with Gasteiger partial charge in [-0.2, -0.15) is 0 Å². The summed E-state index contributed by atoms with van der Waals surface area (Å²) in [5.74, 6) is 1.34. The Labute approximate surface area is 180 Å². The number of likely N-dealkylation sites (tertiary alicyclic amines) is 1. The smallest absolute Gasteiger partial charge is 0.290 e. The van der Waals surface area contributed by atoms with Crippen LogP contribution in [0.2, 0.25) is 0 Å². The second-order valence-electron chi connectivity index (χ2n) is 7.64. The molecule has 1 unspecified atom stereocenters. The van der Waals surface area contributed by atoms with Crippen molar-refractivity contribution in [3.05, 3.63) is 47.7 Å². The standard InChI is InChI=1S/C21H24N4O3.CH2O2/c1-14-2-4-18-17(8-14)25(21(27)13-28-18)12-20(26)24-7-6-16(11-24)9-15-3-5-19(22)23-10-15;2-1-3/h2-5,8,10,16H,6-7,9,11-13H2,1H3,(H2,22,23);1H,(H,2,3). The average Bonchev–Trinajstić information content (AvgIpc) is 3.21. The van der Waals surface area contributed by atoms with Crippen LogP contribution in [0.1, 0.15) is 17.5 Å². The SMILES string of the molecule is Cc1ccc2c(c1)N(CC(=O)N1CCC(Cc3ccc(N)nc3)C1)C(=O)CO2.O=CO. The topological polar surface area (TPSA) is 126 Å². The highest BCUT2D eigenvalue weighted by Gasteiger charge is 2.32. The zero-order valence-electron chi connectivity index (χ0n) is 17.4. The Hall–Kier alpha value is -3.62. The van der Waals surface area contributed by atoms with Gasteiger partial charge in [0.25, 0.3) is 12.4 Å². The van der Waals surface area contributed by atoms with E-state index in [2.05, 4.69) is 4.98 Å². The van der Waals surface area contributed by atoms with Gasteiger partial charge in [-0.05, 0) is 55.0 Å². The molecule has 9 heteroatoms. The predicted octanol–water partition coefficient (Wildman–Crippen LogP) is 1.49. The van der Waals surface area contributed by atoms with Crippen molar-refractivity contribution in [2.24, 2.45) is 5.92 Å². The highest BCUT2D eigenvalue weighted by Crippen LogP contribution is 2.33. The molecule has 2 aliphatic rings. The number of rotatable bonds is 4. The van der Waals surface area contributed by atoms with Crippen molar-refractivity contribution in [3.8, 4) is 5.75 Å². The number of carboxylic acid groups (broad SMARTS) is 1. The minimum atomic E-state index is -0.250. The molecule has 4 rings (SSSR count). The number of fused-ring (bicyclic) bond motifs is 1. The zero-order valence-corrected chi connectivity index (χ0v) is 17.4. The summed E-state index contributed by atoms with van der Waals surface area (Å²) in [6.07, 6.45) is 3.62. The van der Waals surface area contributed by atoms with E-state index in [0.717, 1.165) is 24.0 Å². The van der Waals surface area contributed by atoms with Gasteiger partial charge < -0.3 is 20.5 Å². The van der Waals surface area contributed by atoms with Gasteiger partial charge in [0.05, 0.1) is 5.69 Å². The minimum Gasteiger partial charge on any atom is -0.483 e. The van der Waals surface area contributed by atoms with Crippen LogP contribution in [0.4, 0.5) is 11.5 Å². The molecule has 3 N–H and O–H groups in total. The number of amides is 2. The number of carbonyl (C=O) groups excluding carboxylic acids is 2. The fourth-order valence-electron chi connectivity index (χ4n) is 3.84. The van der Waals surface area contributed by atoms with Gasteiger partial charge in [-0.3, -0.25) is 19.3 Å². The first kappa shape index (κ1) is 22.1. The van der Waals surface area contributed by atoms with Gasteiger partial charge in [-0.1, -0.05) is 12.1 Å². The van der Waals surface area contributed by atoms with Crippen LogP contribution in [0.5, 0.6) is 5.75 Å². The number of aromatic nitrogens is 1. The van der Waals surface area contributed by atoms with Crippen molar-refractivity contribution >= 4 is 29.8 Å². The van der Waals surface area contributed by atoms with Gasteiger partial charge >= 0.3 is 0 Å². The van der Waals surface area contributed by atoms with Crippen LogP contribution in [-0.2, 0) is 20.8 Å². The molecule has 0 spiro atoms. The molecular weight excluding hydrogens is 400 g/mol. The number of benzene rings is 1. The largest absolute Gasteiger partial charge is 0.483 e. The maximum absolute atomic E-state index is 12.9. The van der Waals surface area contributed by atoms with E-state index in [1.54, 1.807) is 17.2 Å². The van der Waals surface area contributed by atoms with Gasteiger partial charge in [-0.25, -0.2) is 4.98 Å². The predicted molar refractivity (Wildman–Crippen MR) is 115 cm³/mol. The lowest BCUT2D eigenvalue weighted by Gasteiger charge is -2.30. The van der Waals surface area contributed by atoms with E-state index in [1.165, 1.54) is 0 Å². The summed E-state index contributed by atoms with van der Waals surface area (Å²) in [5.41, 5.74) is 8.46. The third-order valence-electron chi connectivity index (χ3n) is 5.36. The molecule has 2 amide bonds. The number of hydrogen-bond donors (Lipinski definition) is 2. The summed E-state index contributed by atoms with van der Waals surface area (Å²) in [6, 6.07) is 9.46. The van der Waals surface area contributed by atoms with Gasteiger partial charge in [0.1, 0.15) is 18.1 Å². The Kier molecular flexibility index (Phi) is 7.07. The molecule has 2 aliphatic heterocycles. The van der Waals surface area contributed by atoms with E-state index in [9.17, 15) is 9.59 Å². The number of aryl methyl sites for hydroxylation is 1. The van der Waals surface area contributed by atoms with Gasteiger partial charge in [-0.15, -0.1) is 0 Å². The quantitative estimate of drug-likeness (QED) is 0.709. The van der Waals surface area contributed by atoms with Crippen LogP contribution in [0.15, 0.2) is 36.5 Å². The third kappa shape index (κ3) is 5.50. The first-order valence-corrected chi connectivity index (χ1v) is 10.0. The van der Waals surface area contributed by atoms with Crippen LogP contribution in [-0.4, -0.2) is 59.5 Å². The van der Waals surface area contributed by atoms with E-state index in [1.807, 2.05) is 36.1 Å². The van der Waals surface area contributed by atoms with Crippen molar-refractivity contribution in [1.82, 2.24) is 9.88 Å². The highest BCUT2D eigenvalue weighted by atomic mass is 16.5. The number of anilines is 2. The van der Waals surface area contributed by atoms with Crippen molar-refractivity contribution < 1.29 is 24.2 Å². The average molecular weight is 426 g/mol. The van der Waals surface area contributed by atoms with Crippen LogP contribution in [0, 0.1) is 12.8 Å². The number of nitrogens with zero attached hydrogens (tertiary/aromatic N) is 3. The third-order valence-corrected chi connectivity index (χ3v) is 5.36.